The first-order valence-electron chi connectivity index (χ1n) is 2.62. The van der Waals surface area contributed by atoms with Crippen LogP contribution in [0.5, 0.6) is 0 Å². The van der Waals surface area contributed by atoms with E-state index in [0.29, 0.717) is 5.41 Å². The summed E-state index contributed by atoms with van der Waals surface area (Å²) in [5.41, 5.74) is 0.584. The Morgan fingerprint density at radius 3 is 1.88 bits per heavy atom. The Hall–Kier alpha value is 1.05. The molecule has 0 aromatic heterocycles. The van der Waals surface area contributed by atoms with Crippen molar-refractivity contribution in [1.82, 2.24) is 0 Å². The lowest BCUT2D eigenvalue weighted by atomic mass is 10.0. The van der Waals surface area contributed by atoms with E-state index < -0.39 is 0 Å². The largest absolute Gasteiger partial charge is 0.0820 e. The average molecular weight is 166 g/mol. The van der Waals surface area contributed by atoms with Crippen LogP contribution in [0.25, 0.3) is 0 Å². The monoisotopic (exact) mass is 166 g/mol. The summed E-state index contributed by atoms with van der Waals surface area (Å²) in [7, 11) is 5.89. The lowest BCUT2D eigenvalue weighted by Crippen LogP contribution is -2.18. The molecule has 0 N–H and O–H groups in total. The van der Waals surface area contributed by atoms with E-state index in [2.05, 4.69) is 13.8 Å². The van der Waals surface area contributed by atoms with Crippen molar-refractivity contribution in [2.45, 2.75) is 13.8 Å². The molecule has 3 heteroatoms. The van der Waals surface area contributed by atoms with Crippen molar-refractivity contribution < 1.29 is 0 Å². The van der Waals surface area contributed by atoms with Crippen LogP contribution in [0.15, 0.2) is 0 Å². The lowest BCUT2D eigenvalue weighted by molar-refractivity contribution is 0.494. The van der Waals surface area contributed by atoms with Gasteiger partial charge in [0.05, 0.1) is 0 Å². The van der Waals surface area contributed by atoms with E-state index in [1.807, 2.05) is 31.4 Å². The smallest absolute Gasteiger partial charge is 0.0105 e. The van der Waals surface area contributed by atoms with Crippen molar-refractivity contribution >= 4 is 31.4 Å². The third kappa shape index (κ3) is 2.11. The Labute approximate surface area is 62.4 Å². The summed E-state index contributed by atoms with van der Waals surface area (Å²) in [5.74, 6) is 2.62. The highest BCUT2D eigenvalue weighted by Crippen LogP contribution is 2.46. The highest BCUT2D eigenvalue weighted by atomic mass is 33.5. The van der Waals surface area contributed by atoms with E-state index in [0.717, 1.165) is 0 Å². The van der Waals surface area contributed by atoms with E-state index in [-0.39, 0.29) is 0 Å². The van der Waals surface area contributed by atoms with Gasteiger partial charge in [-0.2, -0.15) is 0 Å². The van der Waals surface area contributed by atoms with Gasteiger partial charge in [-0.15, -0.1) is 0 Å². The van der Waals surface area contributed by atoms with Crippen molar-refractivity contribution in [2.24, 2.45) is 5.41 Å². The van der Waals surface area contributed by atoms with Crippen molar-refractivity contribution in [1.29, 1.82) is 0 Å². The number of hydrogen-bond acceptors (Lipinski definition) is 3. The SMILES string of the molecule is CC1(C)CSSSC1. The standard InChI is InChI=1S/C5H10S3/c1-5(2)3-6-8-7-4-5/h3-4H2,1-2H3. The molecule has 0 spiro atoms. The molecule has 0 aromatic rings. The first-order valence-corrected chi connectivity index (χ1v) is 6.44. The van der Waals surface area contributed by atoms with Gasteiger partial charge in [0.2, 0.25) is 0 Å². The molecule has 1 heterocycles. The lowest BCUT2D eigenvalue weighted by Gasteiger charge is -2.26. The van der Waals surface area contributed by atoms with Gasteiger partial charge in [0, 0.05) is 11.5 Å². The van der Waals surface area contributed by atoms with Crippen molar-refractivity contribution in [2.75, 3.05) is 11.5 Å². The van der Waals surface area contributed by atoms with Gasteiger partial charge in [0.1, 0.15) is 0 Å². The summed E-state index contributed by atoms with van der Waals surface area (Å²) < 4.78 is 0. The molecule has 8 heavy (non-hydrogen) atoms. The molecule has 1 rings (SSSR count). The van der Waals surface area contributed by atoms with E-state index in [9.17, 15) is 0 Å². The van der Waals surface area contributed by atoms with Gasteiger partial charge in [-0.25, -0.2) is 0 Å². The maximum atomic E-state index is 2.33. The minimum atomic E-state index is 0.584. The third-order valence-corrected chi connectivity index (χ3v) is 6.00. The Balaban J connectivity index is 2.33. The first-order chi connectivity index (χ1) is 3.71. The molecule has 0 bridgehead atoms. The Kier molecular flexibility index (Phi) is 2.47. The Morgan fingerprint density at radius 2 is 1.62 bits per heavy atom. The minimum absolute atomic E-state index is 0.584. The third-order valence-electron chi connectivity index (χ3n) is 0.996. The molecule has 0 amide bonds. The van der Waals surface area contributed by atoms with Crippen LogP contribution >= 0.6 is 31.4 Å². The molecule has 0 nitrogen and oxygen atoms in total. The second-order valence-electron chi connectivity index (χ2n) is 2.76. The molecule has 48 valence electrons. The maximum Gasteiger partial charge on any atom is 0.0105 e. The molecule has 1 fully saturated rings. The molecule has 0 saturated carbocycles. The topological polar surface area (TPSA) is 0 Å². The highest BCUT2D eigenvalue weighted by molar-refractivity contribution is 9.09. The van der Waals surface area contributed by atoms with Crippen LogP contribution in [0.4, 0.5) is 0 Å². The summed E-state index contributed by atoms with van der Waals surface area (Å²) in [5, 5.41) is 0. The van der Waals surface area contributed by atoms with E-state index in [4.69, 9.17) is 0 Å². The number of rotatable bonds is 0. The quantitative estimate of drug-likeness (QED) is 0.508. The molecule has 0 unspecified atom stereocenters. The Morgan fingerprint density at radius 1 is 1.12 bits per heavy atom. The average Bonchev–Trinajstić information content (AvgIpc) is 1.65. The van der Waals surface area contributed by atoms with Gasteiger partial charge >= 0.3 is 0 Å². The molecular weight excluding hydrogens is 156 g/mol. The molecule has 1 aliphatic heterocycles. The Bertz CT molecular complexity index is 71.7. The fraction of sp³-hybridized carbons (Fsp3) is 1.00. The van der Waals surface area contributed by atoms with Crippen molar-refractivity contribution in [3.8, 4) is 0 Å². The van der Waals surface area contributed by atoms with Gasteiger partial charge in [0.15, 0.2) is 0 Å². The highest BCUT2D eigenvalue weighted by Gasteiger charge is 2.22. The summed E-state index contributed by atoms with van der Waals surface area (Å²) in [6, 6.07) is 0. The maximum absolute atomic E-state index is 2.33. The second-order valence-corrected chi connectivity index (χ2v) is 6.99. The fourth-order valence-electron chi connectivity index (χ4n) is 0.443. The molecule has 1 saturated heterocycles. The van der Waals surface area contributed by atoms with Crippen LogP contribution in [-0.2, 0) is 0 Å². The molecule has 0 aliphatic carbocycles. The van der Waals surface area contributed by atoms with Gasteiger partial charge in [-0.3, -0.25) is 0 Å². The molecule has 0 radical (unpaired) electrons. The first kappa shape index (κ1) is 7.16. The fourth-order valence-corrected chi connectivity index (χ4v) is 5.46. The van der Waals surface area contributed by atoms with Crippen molar-refractivity contribution in [3.05, 3.63) is 0 Å². The van der Waals surface area contributed by atoms with Crippen LogP contribution in [0.1, 0.15) is 13.8 Å². The van der Waals surface area contributed by atoms with E-state index >= 15 is 0 Å². The number of hydrogen-bond donors (Lipinski definition) is 0. The normalized spacial score (nSPS) is 27.8. The van der Waals surface area contributed by atoms with Crippen LogP contribution < -0.4 is 0 Å². The zero-order valence-electron chi connectivity index (χ0n) is 5.14. The van der Waals surface area contributed by atoms with E-state index in [1.54, 1.807) is 0 Å². The molecule has 1 aliphatic rings. The predicted octanol–water partition coefficient (Wildman–Crippen LogP) is 3.06. The van der Waals surface area contributed by atoms with Crippen molar-refractivity contribution in [3.63, 3.8) is 0 Å². The van der Waals surface area contributed by atoms with E-state index in [1.165, 1.54) is 11.5 Å². The van der Waals surface area contributed by atoms with Crippen LogP contribution in [0.3, 0.4) is 0 Å². The van der Waals surface area contributed by atoms with Crippen LogP contribution in [0, 0.1) is 5.41 Å². The van der Waals surface area contributed by atoms with Gasteiger partial charge in [0.25, 0.3) is 0 Å². The van der Waals surface area contributed by atoms with Gasteiger partial charge in [-0.05, 0) is 15.2 Å². The zero-order chi connectivity index (χ0) is 6.04. The minimum Gasteiger partial charge on any atom is -0.0820 e. The summed E-state index contributed by atoms with van der Waals surface area (Å²) in [6.45, 7) is 4.65. The molecule has 0 aromatic carbocycles. The van der Waals surface area contributed by atoms with Crippen LogP contribution in [-0.4, -0.2) is 11.5 Å². The second kappa shape index (κ2) is 2.76. The zero-order valence-corrected chi connectivity index (χ0v) is 7.59. The summed E-state index contributed by atoms with van der Waals surface area (Å²) in [4.78, 5) is 0. The summed E-state index contributed by atoms with van der Waals surface area (Å²) in [6.07, 6.45) is 0. The molecule has 0 atom stereocenters. The van der Waals surface area contributed by atoms with Gasteiger partial charge in [-0.1, -0.05) is 35.4 Å². The van der Waals surface area contributed by atoms with Crippen LogP contribution in [0.2, 0.25) is 0 Å². The molecular formula is C5H10S3. The van der Waals surface area contributed by atoms with Gasteiger partial charge < -0.3 is 0 Å². The summed E-state index contributed by atoms with van der Waals surface area (Å²) >= 11 is 0. The predicted molar refractivity (Wildman–Crippen MR) is 46.3 cm³/mol.